The fraction of sp³-hybridized carbons (Fsp3) is 0.263. The lowest BCUT2D eigenvalue weighted by Crippen LogP contribution is -2.28. The monoisotopic (exact) mass is 341 g/mol. The third-order valence-corrected chi connectivity index (χ3v) is 4.14. The van der Waals surface area contributed by atoms with Crippen molar-refractivity contribution in [2.75, 3.05) is 0 Å². The molecule has 0 saturated carbocycles. The van der Waals surface area contributed by atoms with Gasteiger partial charge >= 0.3 is 11.9 Å². The Morgan fingerprint density at radius 3 is 2.40 bits per heavy atom. The molecule has 1 aliphatic heterocycles. The van der Waals surface area contributed by atoms with Crippen LogP contribution in [0.5, 0.6) is 0 Å². The molecule has 1 aromatic rings. The van der Waals surface area contributed by atoms with Gasteiger partial charge in [0.2, 0.25) is 0 Å². The largest absolute Gasteiger partial charge is 0.481 e. The highest BCUT2D eigenvalue weighted by atomic mass is 16.4. The van der Waals surface area contributed by atoms with Crippen molar-refractivity contribution < 1.29 is 24.6 Å². The SMILES string of the molecule is CC1(C(=O)O)C=CC=C(C(=O)O)C1.O=C1N=CCC1c1ccccc1. The van der Waals surface area contributed by atoms with E-state index < -0.39 is 17.4 Å². The summed E-state index contributed by atoms with van der Waals surface area (Å²) in [6.45, 7) is 1.50. The molecule has 2 aliphatic rings. The predicted octanol–water partition coefficient (Wildman–Crippen LogP) is 2.82. The Morgan fingerprint density at radius 2 is 1.88 bits per heavy atom. The topological polar surface area (TPSA) is 104 Å². The lowest BCUT2D eigenvalue weighted by atomic mass is 9.80. The van der Waals surface area contributed by atoms with E-state index in [1.54, 1.807) is 6.21 Å². The zero-order chi connectivity index (χ0) is 18.4. The summed E-state index contributed by atoms with van der Waals surface area (Å²) in [6.07, 6.45) is 6.88. The maximum Gasteiger partial charge on any atom is 0.331 e. The number of carboxylic acids is 2. The number of carbonyl (C=O) groups is 3. The first kappa shape index (κ1) is 18.3. The first-order valence-corrected chi connectivity index (χ1v) is 7.80. The first-order chi connectivity index (χ1) is 11.8. The van der Waals surface area contributed by atoms with E-state index in [2.05, 4.69) is 4.99 Å². The number of hydrogen-bond donors (Lipinski definition) is 2. The maximum absolute atomic E-state index is 11.2. The molecule has 0 aromatic heterocycles. The number of carbonyl (C=O) groups excluding carboxylic acids is 1. The standard InChI is InChI=1S/C10H9NO.C9H10O4/c12-10-9(6-7-11-10)8-4-2-1-3-5-8;1-9(8(12)13)4-2-3-6(5-9)7(10)11/h1-5,7,9H,6H2;2-4H,5H2,1H3,(H,10,11)(H,12,13). The molecule has 0 fully saturated rings. The second-order valence-electron chi connectivity index (χ2n) is 6.10. The quantitative estimate of drug-likeness (QED) is 0.880. The van der Waals surface area contributed by atoms with Crippen LogP contribution in [0.25, 0.3) is 0 Å². The minimum atomic E-state index is -1.08. The molecule has 1 aliphatic carbocycles. The van der Waals surface area contributed by atoms with Crippen molar-refractivity contribution in [1.29, 1.82) is 0 Å². The molecule has 0 spiro atoms. The Balaban J connectivity index is 0.000000181. The van der Waals surface area contributed by atoms with Gasteiger partial charge in [-0.25, -0.2) is 9.79 Å². The number of aliphatic imine (C=N–C) groups is 1. The van der Waals surface area contributed by atoms with Gasteiger partial charge in [-0.3, -0.25) is 9.59 Å². The van der Waals surface area contributed by atoms with E-state index in [0.717, 1.165) is 12.0 Å². The number of hydrogen-bond acceptors (Lipinski definition) is 3. The van der Waals surface area contributed by atoms with Crippen LogP contribution in [0.15, 0.2) is 59.1 Å². The van der Waals surface area contributed by atoms with E-state index in [4.69, 9.17) is 10.2 Å². The van der Waals surface area contributed by atoms with Crippen molar-refractivity contribution in [3.8, 4) is 0 Å². The Morgan fingerprint density at radius 1 is 1.20 bits per heavy atom. The molecule has 0 bridgehead atoms. The van der Waals surface area contributed by atoms with Crippen molar-refractivity contribution in [3.63, 3.8) is 0 Å². The third-order valence-electron chi connectivity index (χ3n) is 4.14. The number of allylic oxidation sites excluding steroid dienone is 2. The van der Waals surface area contributed by atoms with Crippen LogP contribution < -0.4 is 0 Å². The van der Waals surface area contributed by atoms with Crippen molar-refractivity contribution in [3.05, 3.63) is 59.7 Å². The van der Waals surface area contributed by atoms with Gasteiger partial charge in [0.25, 0.3) is 5.91 Å². The average Bonchev–Trinajstić information content (AvgIpc) is 3.02. The van der Waals surface area contributed by atoms with Crippen LogP contribution in [-0.2, 0) is 14.4 Å². The zero-order valence-corrected chi connectivity index (χ0v) is 13.8. The summed E-state index contributed by atoms with van der Waals surface area (Å²) in [5, 5.41) is 17.5. The van der Waals surface area contributed by atoms with Crippen LogP contribution in [0.3, 0.4) is 0 Å². The van der Waals surface area contributed by atoms with Crippen LogP contribution in [-0.4, -0.2) is 34.3 Å². The fourth-order valence-corrected chi connectivity index (χ4v) is 2.59. The van der Waals surface area contributed by atoms with Crippen molar-refractivity contribution >= 4 is 24.1 Å². The van der Waals surface area contributed by atoms with Gasteiger partial charge in [-0.15, -0.1) is 0 Å². The minimum Gasteiger partial charge on any atom is -0.481 e. The lowest BCUT2D eigenvalue weighted by Gasteiger charge is -2.23. The molecular weight excluding hydrogens is 322 g/mol. The van der Waals surface area contributed by atoms with Crippen LogP contribution in [0.1, 0.15) is 31.2 Å². The second kappa shape index (κ2) is 7.70. The Bertz CT molecular complexity index is 763. The fourth-order valence-electron chi connectivity index (χ4n) is 2.59. The molecule has 2 unspecified atom stereocenters. The summed E-state index contributed by atoms with van der Waals surface area (Å²) in [5.41, 5.74) is 0.120. The van der Waals surface area contributed by atoms with E-state index in [1.165, 1.54) is 25.2 Å². The number of aliphatic carboxylic acids is 2. The molecule has 6 nitrogen and oxygen atoms in total. The van der Waals surface area contributed by atoms with Crippen LogP contribution in [0.2, 0.25) is 0 Å². The third kappa shape index (κ3) is 4.50. The Hall–Kier alpha value is -3.02. The number of amides is 1. The van der Waals surface area contributed by atoms with E-state index in [-0.39, 0.29) is 23.8 Å². The summed E-state index contributed by atoms with van der Waals surface area (Å²) in [5.74, 6) is -2.10. The number of benzene rings is 1. The molecule has 3 rings (SSSR count). The van der Waals surface area contributed by atoms with Crippen LogP contribution in [0, 0.1) is 5.41 Å². The molecule has 6 heteroatoms. The van der Waals surface area contributed by atoms with E-state index >= 15 is 0 Å². The molecule has 130 valence electrons. The minimum absolute atomic E-state index is 0.0128. The summed E-state index contributed by atoms with van der Waals surface area (Å²) in [4.78, 5) is 36.2. The van der Waals surface area contributed by atoms with E-state index in [0.29, 0.717) is 0 Å². The highest BCUT2D eigenvalue weighted by molar-refractivity contribution is 5.97. The van der Waals surface area contributed by atoms with Crippen LogP contribution in [0.4, 0.5) is 0 Å². The molecule has 1 amide bonds. The Kier molecular flexibility index (Phi) is 5.64. The first-order valence-electron chi connectivity index (χ1n) is 7.80. The molecule has 2 atom stereocenters. The highest BCUT2D eigenvalue weighted by Gasteiger charge is 2.34. The zero-order valence-electron chi connectivity index (χ0n) is 13.8. The molecule has 1 heterocycles. The molecule has 1 aromatic carbocycles. The molecule has 2 N–H and O–H groups in total. The van der Waals surface area contributed by atoms with Crippen molar-refractivity contribution in [2.45, 2.75) is 25.7 Å². The highest BCUT2D eigenvalue weighted by Crippen LogP contribution is 2.31. The lowest BCUT2D eigenvalue weighted by molar-refractivity contribution is -0.145. The smallest absolute Gasteiger partial charge is 0.331 e. The van der Waals surface area contributed by atoms with Gasteiger partial charge in [-0.2, -0.15) is 0 Å². The van der Waals surface area contributed by atoms with Gasteiger partial charge < -0.3 is 10.2 Å². The van der Waals surface area contributed by atoms with Crippen molar-refractivity contribution in [1.82, 2.24) is 0 Å². The number of rotatable bonds is 3. The second-order valence-corrected chi connectivity index (χ2v) is 6.10. The maximum atomic E-state index is 11.2. The van der Waals surface area contributed by atoms with E-state index in [9.17, 15) is 14.4 Å². The summed E-state index contributed by atoms with van der Waals surface area (Å²) < 4.78 is 0. The molecule has 0 radical (unpaired) electrons. The van der Waals surface area contributed by atoms with Crippen LogP contribution >= 0.6 is 0 Å². The Labute approximate surface area is 145 Å². The van der Waals surface area contributed by atoms with E-state index in [1.807, 2.05) is 30.3 Å². The van der Waals surface area contributed by atoms with Gasteiger partial charge in [0, 0.05) is 11.8 Å². The number of nitrogens with zero attached hydrogens (tertiary/aromatic N) is 1. The summed E-state index contributed by atoms with van der Waals surface area (Å²) in [7, 11) is 0. The number of carboxylic acid groups (broad SMARTS) is 2. The van der Waals surface area contributed by atoms with Gasteiger partial charge in [-0.05, 0) is 25.3 Å². The summed E-state index contributed by atoms with van der Waals surface area (Å²) in [6, 6.07) is 9.78. The average molecular weight is 341 g/mol. The molecule has 0 saturated heterocycles. The van der Waals surface area contributed by atoms with Crippen molar-refractivity contribution in [2.24, 2.45) is 10.4 Å². The van der Waals surface area contributed by atoms with Gasteiger partial charge in [0.1, 0.15) is 0 Å². The predicted molar refractivity (Wildman–Crippen MR) is 92.5 cm³/mol. The normalized spacial score (nSPS) is 24.3. The molecular formula is C19H19NO5. The van der Waals surface area contributed by atoms with Gasteiger partial charge in [0.15, 0.2) is 0 Å². The summed E-state index contributed by atoms with van der Waals surface area (Å²) >= 11 is 0. The van der Waals surface area contributed by atoms with Gasteiger partial charge in [-0.1, -0.05) is 48.6 Å². The molecule has 25 heavy (non-hydrogen) atoms. The van der Waals surface area contributed by atoms with Gasteiger partial charge in [0.05, 0.1) is 11.3 Å².